The van der Waals surface area contributed by atoms with Crippen LogP contribution in [0.15, 0.2) is 97.2 Å². The lowest BCUT2D eigenvalue weighted by Gasteiger charge is -2.18. The zero-order valence-corrected chi connectivity index (χ0v) is 38.7. The Bertz CT molecular complexity index is 1230. The van der Waals surface area contributed by atoms with E-state index < -0.39 is 6.10 Å². The summed E-state index contributed by atoms with van der Waals surface area (Å²) >= 11 is 0. The van der Waals surface area contributed by atoms with E-state index in [1.807, 2.05) is 54.7 Å². The number of allylic oxidation sites excluding steroid dienone is 16. The van der Waals surface area contributed by atoms with Gasteiger partial charge in [0.2, 0.25) is 0 Å². The highest BCUT2D eigenvalue weighted by atomic mass is 16.6. The highest BCUT2D eigenvalue weighted by molar-refractivity contribution is 5.71. The highest BCUT2D eigenvalue weighted by Crippen LogP contribution is 2.14. The summed E-state index contributed by atoms with van der Waals surface area (Å²) in [5.74, 6) is -0.995. The maximum Gasteiger partial charge on any atom is 0.306 e. The molecule has 0 bridgehead atoms. The van der Waals surface area contributed by atoms with Crippen molar-refractivity contribution in [3.05, 3.63) is 97.2 Å². The predicted molar refractivity (Wildman–Crippen MR) is 256 cm³/mol. The van der Waals surface area contributed by atoms with E-state index in [0.29, 0.717) is 19.3 Å². The Labute approximate surface area is 368 Å². The summed E-state index contributed by atoms with van der Waals surface area (Å²) in [7, 11) is 0. The molecule has 340 valence electrons. The van der Waals surface area contributed by atoms with Gasteiger partial charge in [0, 0.05) is 19.3 Å². The zero-order valence-electron chi connectivity index (χ0n) is 38.7. The molecule has 0 spiro atoms. The average molecular weight is 833 g/mol. The Morgan fingerprint density at radius 1 is 0.367 bits per heavy atom. The monoisotopic (exact) mass is 833 g/mol. The van der Waals surface area contributed by atoms with Gasteiger partial charge in [-0.2, -0.15) is 0 Å². The van der Waals surface area contributed by atoms with E-state index in [-0.39, 0.29) is 37.5 Å². The molecule has 1 atom stereocenters. The smallest absolute Gasteiger partial charge is 0.306 e. The molecule has 0 aromatic rings. The van der Waals surface area contributed by atoms with Crippen LogP contribution >= 0.6 is 0 Å². The van der Waals surface area contributed by atoms with E-state index in [1.165, 1.54) is 89.9 Å². The van der Waals surface area contributed by atoms with Crippen LogP contribution in [0, 0.1) is 0 Å². The Hall–Kier alpha value is -3.67. The van der Waals surface area contributed by atoms with Crippen LogP contribution in [0.3, 0.4) is 0 Å². The molecule has 0 fully saturated rings. The number of carbonyl (C=O) groups is 3. The molecule has 0 radical (unpaired) electrons. The van der Waals surface area contributed by atoms with Crippen LogP contribution in [0.1, 0.15) is 207 Å². The fourth-order valence-electron chi connectivity index (χ4n) is 6.37. The summed E-state index contributed by atoms with van der Waals surface area (Å²) < 4.78 is 16.7. The lowest BCUT2D eigenvalue weighted by Crippen LogP contribution is -2.30. The number of unbranched alkanes of at least 4 members (excludes halogenated alkanes) is 19. The number of ether oxygens (including phenoxy) is 3. The minimum atomic E-state index is -0.814. The minimum absolute atomic E-state index is 0.108. The average Bonchev–Trinajstić information content (AvgIpc) is 3.24. The standard InChI is InChI=1S/C54H88O6/c1-4-7-10-13-16-19-22-24-25-26-27-28-29-31-32-35-38-41-44-47-53(56)59-50-51(49-58-52(55)46-43-40-37-34-21-18-15-12-9-6-3)60-54(57)48-45-42-39-36-33-30-23-20-17-14-11-8-5-2/h7-8,10-11,14,16-17,19-20,23-25,30,33,36,39,51H,4-6,9,12-13,15,18,21-22,26-29,31-32,34-35,37-38,40-50H2,1-3H3/b10-7-,11-8-,17-14-,19-16-,23-20-,25-24-,33-30-,39-36-. The highest BCUT2D eigenvalue weighted by Gasteiger charge is 2.19. The van der Waals surface area contributed by atoms with E-state index in [2.05, 4.69) is 63.3 Å². The van der Waals surface area contributed by atoms with Crippen molar-refractivity contribution >= 4 is 17.9 Å². The molecule has 0 aliphatic heterocycles. The first-order valence-corrected chi connectivity index (χ1v) is 24.3. The third-order valence-electron chi connectivity index (χ3n) is 9.96. The third kappa shape index (κ3) is 45.4. The molecule has 60 heavy (non-hydrogen) atoms. The van der Waals surface area contributed by atoms with Crippen LogP contribution in [-0.2, 0) is 28.6 Å². The van der Waals surface area contributed by atoms with E-state index in [1.54, 1.807) is 0 Å². The van der Waals surface area contributed by atoms with Gasteiger partial charge in [-0.15, -0.1) is 0 Å². The van der Waals surface area contributed by atoms with E-state index >= 15 is 0 Å². The third-order valence-corrected chi connectivity index (χ3v) is 9.96. The normalized spacial score (nSPS) is 12.9. The molecule has 0 aliphatic carbocycles. The number of rotatable bonds is 42. The van der Waals surface area contributed by atoms with E-state index in [4.69, 9.17) is 14.2 Å². The summed E-state index contributed by atoms with van der Waals surface area (Å²) in [5.41, 5.74) is 0. The second kappa shape index (κ2) is 48.0. The van der Waals surface area contributed by atoms with Gasteiger partial charge in [-0.25, -0.2) is 0 Å². The van der Waals surface area contributed by atoms with Gasteiger partial charge in [-0.05, 0) is 64.2 Å². The minimum Gasteiger partial charge on any atom is -0.462 e. The molecule has 0 heterocycles. The van der Waals surface area contributed by atoms with Gasteiger partial charge in [-0.3, -0.25) is 14.4 Å². The van der Waals surface area contributed by atoms with Gasteiger partial charge in [0.25, 0.3) is 0 Å². The van der Waals surface area contributed by atoms with Crippen LogP contribution in [0.25, 0.3) is 0 Å². The van der Waals surface area contributed by atoms with Gasteiger partial charge >= 0.3 is 17.9 Å². The maximum atomic E-state index is 12.7. The molecule has 0 aromatic heterocycles. The fraction of sp³-hybridized carbons (Fsp3) is 0.648. The maximum absolute atomic E-state index is 12.7. The van der Waals surface area contributed by atoms with Crippen molar-refractivity contribution in [1.29, 1.82) is 0 Å². The first-order chi connectivity index (χ1) is 29.5. The second-order valence-corrected chi connectivity index (χ2v) is 15.7. The summed E-state index contributed by atoms with van der Waals surface area (Å²) in [4.78, 5) is 37.8. The van der Waals surface area contributed by atoms with Gasteiger partial charge in [0.1, 0.15) is 13.2 Å². The second-order valence-electron chi connectivity index (χ2n) is 15.7. The molecule has 0 rings (SSSR count). The van der Waals surface area contributed by atoms with E-state index in [0.717, 1.165) is 70.6 Å². The van der Waals surface area contributed by atoms with E-state index in [9.17, 15) is 14.4 Å². The molecule has 6 nitrogen and oxygen atoms in total. The van der Waals surface area contributed by atoms with Crippen LogP contribution in [0.5, 0.6) is 0 Å². The Morgan fingerprint density at radius 3 is 1.25 bits per heavy atom. The molecular formula is C54H88O6. The van der Waals surface area contributed by atoms with Crippen molar-refractivity contribution in [2.45, 2.75) is 213 Å². The fourth-order valence-corrected chi connectivity index (χ4v) is 6.37. The van der Waals surface area contributed by atoms with Crippen LogP contribution in [0.4, 0.5) is 0 Å². The SMILES string of the molecule is CC\C=C/C=C\C=C/C=C\C=C/CCCC(=O)OC(COC(=O)CCCCCCCCCCCC)COC(=O)CCCCCCCCCCC/C=C\C/C=C\C/C=C\CC. The van der Waals surface area contributed by atoms with Gasteiger partial charge in [0.15, 0.2) is 6.10 Å². The van der Waals surface area contributed by atoms with Crippen LogP contribution in [0.2, 0.25) is 0 Å². The summed E-state index contributed by atoms with van der Waals surface area (Å²) in [6.07, 6.45) is 62.6. The number of carbonyl (C=O) groups excluding carboxylic acids is 3. The molecule has 0 aliphatic rings. The van der Waals surface area contributed by atoms with Gasteiger partial charge in [-0.1, -0.05) is 221 Å². The van der Waals surface area contributed by atoms with Gasteiger partial charge in [0.05, 0.1) is 0 Å². The topological polar surface area (TPSA) is 78.9 Å². The first-order valence-electron chi connectivity index (χ1n) is 24.3. The van der Waals surface area contributed by atoms with Crippen LogP contribution in [-0.4, -0.2) is 37.2 Å². The molecule has 0 amide bonds. The van der Waals surface area contributed by atoms with Crippen molar-refractivity contribution in [2.75, 3.05) is 13.2 Å². The largest absolute Gasteiger partial charge is 0.462 e. The quantitative estimate of drug-likeness (QED) is 0.0200. The lowest BCUT2D eigenvalue weighted by molar-refractivity contribution is -0.167. The molecular weight excluding hydrogens is 745 g/mol. The Kier molecular flexibility index (Phi) is 45.1. The van der Waals surface area contributed by atoms with Gasteiger partial charge < -0.3 is 14.2 Å². The molecule has 1 unspecified atom stereocenters. The number of hydrogen-bond donors (Lipinski definition) is 0. The summed E-state index contributed by atoms with van der Waals surface area (Å²) in [6, 6.07) is 0. The molecule has 6 heteroatoms. The summed E-state index contributed by atoms with van der Waals surface area (Å²) in [5, 5.41) is 0. The van der Waals surface area contributed by atoms with Crippen molar-refractivity contribution in [3.63, 3.8) is 0 Å². The van der Waals surface area contributed by atoms with Crippen molar-refractivity contribution in [1.82, 2.24) is 0 Å². The van der Waals surface area contributed by atoms with Crippen LogP contribution < -0.4 is 0 Å². The Morgan fingerprint density at radius 2 is 0.750 bits per heavy atom. The molecule has 0 saturated carbocycles. The lowest BCUT2D eigenvalue weighted by atomic mass is 10.1. The van der Waals surface area contributed by atoms with Crippen molar-refractivity contribution in [2.24, 2.45) is 0 Å². The number of hydrogen-bond acceptors (Lipinski definition) is 6. The zero-order chi connectivity index (χ0) is 43.7. The Balaban J connectivity index is 4.43. The number of esters is 3. The predicted octanol–water partition coefficient (Wildman–Crippen LogP) is 15.8. The molecule has 0 saturated heterocycles. The van der Waals surface area contributed by atoms with Crippen molar-refractivity contribution < 1.29 is 28.6 Å². The molecule has 0 N–H and O–H groups in total. The van der Waals surface area contributed by atoms with Crippen molar-refractivity contribution in [3.8, 4) is 0 Å². The summed E-state index contributed by atoms with van der Waals surface area (Å²) in [6.45, 7) is 6.29. The first kappa shape index (κ1) is 56.3. The molecule has 0 aromatic carbocycles.